The summed E-state index contributed by atoms with van der Waals surface area (Å²) in [5.41, 5.74) is 4.26. The number of fused-ring (bicyclic) bond motifs is 2. The van der Waals surface area contributed by atoms with Crippen LogP contribution in [0.15, 0.2) is 47.2 Å². The lowest BCUT2D eigenvalue weighted by atomic mass is 9.98. The Balaban J connectivity index is 1.59. The largest absolute Gasteiger partial charge is 0.361 e. The highest BCUT2D eigenvalue weighted by Crippen LogP contribution is 2.40. The summed E-state index contributed by atoms with van der Waals surface area (Å²) in [6.45, 7) is 16.1. The van der Waals surface area contributed by atoms with Gasteiger partial charge in [-0.15, -0.1) is 0 Å². The third-order valence-corrected chi connectivity index (χ3v) is 14.1. The number of sulfone groups is 1. The van der Waals surface area contributed by atoms with Crippen LogP contribution in [0, 0.1) is 0 Å². The fourth-order valence-electron chi connectivity index (χ4n) is 5.37. The van der Waals surface area contributed by atoms with Crippen LogP contribution in [0.4, 0.5) is 5.82 Å². The van der Waals surface area contributed by atoms with Gasteiger partial charge in [0.1, 0.15) is 23.3 Å². The van der Waals surface area contributed by atoms with Crippen molar-refractivity contribution in [1.29, 1.82) is 0 Å². The molecule has 3 aromatic heterocycles. The van der Waals surface area contributed by atoms with E-state index in [1.54, 1.807) is 0 Å². The highest BCUT2D eigenvalue weighted by atomic mass is 79.9. The number of anilines is 1. The van der Waals surface area contributed by atoms with Crippen LogP contribution in [0.1, 0.15) is 24.5 Å². The second kappa shape index (κ2) is 13.9. The van der Waals surface area contributed by atoms with E-state index >= 15 is 0 Å². The Bertz CT molecular complexity index is 1720. The molecule has 13 heteroatoms. The lowest BCUT2D eigenvalue weighted by Gasteiger charge is -2.29. The molecule has 1 aromatic carbocycles. The summed E-state index contributed by atoms with van der Waals surface area (Å²) in [5.74, 6) is 1.11. The van der Waals surface area contributed by atoms with E-state index in [-0.39, 0.29) is 17.4 Å². The number of aromatic nitrogens is 4. The number of para-hydroxylation sites is 1. The third-order valence-electron chi connectivity index (χ3n) is 8.22. The van der Waals surface area contributed by atoms with Crippen molar-refractivity contribution in [3.63, 3.8) is 0 Å². The molecular formula is C32H46BrN5O4SSi2. The van der Waals surface area contributed by atoms with Crippen molar-refractivity contribution in [3.05, 3.63) is 52.9 Å². The van der Waals surface area contributed by atoms with Gasteiger partial charge in [0, 0.05) is 58.0 Å². The van der Waals surface area contributed by atoms with E-state index in [1.165, 1.54) is 0 Å². The summed E-state index contributed by atoms with van der Waals surface area (Å²) in [6.07, 6.45) is 4.77. The number of rotatable bonds is 13. The van der Waals surface area contributed by atoms with Crippen LogP contribution in [0.5, 0.6) is 0 Å². The van der Waals surface area contributed by atoms with Crippen LogP contribution in [-0.2, 0) is 19.3 Å². The molecule has 1 saturated heterocycles. The molecule has 0 aliphatic carbocycles. The highest BCUT2D eigenvalue weighted by Gasteiger charge is 2.31. The lowest BCUT2D eigenvalue weighted by molar-refractivity contribution is 0.0941. The summed E-state index contributed by atoms with van der Waals surface area (Å²) in [6, 6.07) is 12.3. The van der Waals surface area contributed by atoms with Gasteiger partial charge in [0.2, 0.25) is 0 Å². The molecule has 5 rings (SSSR count). The summed E-state index contributed by atoms with van der Waals surface area (Å²) >= 11 is 3.92. The summed E-state index contributed by atoms with van der Waals surface area (Å²) in [7, 11) is -5.58. The third kappa shape index (κ3) is 8.80. The minimum Gasteiger partial charge on any atom is -0.361 e. The standard InChI is InChI=1S/C32H46BrN5O4SSi2/c1-44(2,3)17-13-41-22-37(23-42-14-18-45(4,5)6)32-29(33)30(24-11-15-43(39,40)16-12-24)36-31-27(21-35-38(31)32)26-19-25-9-7-8-10-28(25)34-20-26/h7-10,19-21,24H,11-18,22-23H2,1-6H3. The molecule has 0 unspecified atom stereocenters. The van der Waals surface area contributed by atoms with Gasteiger partial charge in [-0.05, 0) is 53.0 Å². The number of halogens is 1. The summed E-state index contributed by atoms with van der Waals surface area (Å²) in [5, 5.41) is 5.90. The highest BCUT2D eigenvalue weighted by molar-refractivity contribution is 9.10. The maximum atomic E-state index is 12.4. The van der Waals surface area contributed by atoms with E-state index in [1.807, 2.05) is 35.1 Å². The molecule has 0 atom stereocenters. The monoisotopic (exact) mass is 731 g/mol. The number of nitrogens with zero attached hydrogens (tertiary/aromatic N) is 5. The molecule has 9 nitrogen and oxygen atoms in total. The SMILES string of the molecule is C[Si](C)(C)CCOCN(COCC[Si](C)(C)C)c1c(Br)c(C2CCS(=O)(=O)CC2)nc2c(-c3cnc4ccccc4c3)cnn12. The number of hydrogen-bond acceptors (Lipinski definition) is 8. The zero-order valence-corrected chi connectivity index (χ0v) is 31.7. The van der Waals surface area contributed by atoms with Gasteiger partial charge in [-0.2, -0.15) is 9.61 Å². The topological polar surface area (TPSA) is 98.9 Å². The number of ether oxygens (including phenoxy) is 2. The molecule has 0 radical (unpaired) electrons. The van der Waals surface area contributed by atoms with E-state index in [9.17, 15) is 8.42 Å². The average Bonchev–Trinajstić information content (AvgIpc) is 3.39. The number of hydrogen-bond donors (Lipinski definition) is 0. The van der Waals surface area contributed by atoms with Gasteiger partial charge >= 0.3 is 0 Å². The molecule has 0 saturated carbocycles. The lowest BCUT2D eigenvalue weighted by Crippen LogP contribution is -2.34. The van der Waals surface area contributed by atoms with Gasteiger partial charge in [-0.25, -0.2) is 13.4 Å². The first kappa shape index (κ1) is 34.2. The van der Waals surface area contributed by atoms with Crippen LogP contribution in [-0.4, -0.2) is 82.3 Å². The minimum atomic E-state index is -3.03. The second-order valence-corrected chi connectivity index (χ2v) is 28.8. The van der Waals surface area contributed by atoms with Gasteiger partial charge in [0.15, 0.2) is 11.5 Å². The van der Waals surface area contributed by atoms with Crippen molar-refractivity contribution in [2.45, 2.75) is 70.1 Å². The first-order chi connectivity index (χ1) is 21.2. The molecular weight excluding hydrogens is 687 g/mol. The van der Waals surface area contributed by atoms with Crippen molar-refractivity contribution in [3.8, 4) is 11.1 Å². The zero-order valence-electron chi connectivity index (χ0n) is 27.3. The molecule has 45 heavy (non-hydrogen) atoms. The number of pyridine rings is 1. The quantitative estimate of drug-likeness (QED) is 0.0796. The van der Waals surface area contributed by atoms with Gasteiger partial charge in [0.05, 0.1) is 33.4 Å². The molecule has 4 aromatic rings. The van der Waals surface area contributed by atoms with Gasteiger partial charge in [-0.1, -0.05) is 57.5 Å². The molecule has 0 spiro atoms. The molecule has 4 heterocycles. The zero-order chi connectivity index (χ0) is 32.4. The molecule has 0 amide bonds. The summed E-state index contributed by atoms with van der Waals surface area (Å²) < 4.78 is 40.0. The van der Waals surface area contributed by atoms with E-state index in [0.29, 0.717) is 45.2 Å². The van der Waals surface area contributed by atoms with Crippen LogP contribution in [0.2, 0.25) is 51.4 Å². The van der Waals surface area contributed by atoms with Crippen LogP contribution >= 0.6 is 15.9 Å². The first-order valence-corrected chi connectivity index (χ1v) is 25.8. The fraction of sp³-hybridized carbons (Fsp3) is 0.531. The smallest absolute Gasteiger partial charge is 0.165 e. The Labute approximate surface area is 277 Å². The molecule has 0 N–H and O–H groups in total. The molecule has 1 aliphatic rings. The number of benzene rings is 1. The van der Waals surface area contributed by atoms with Gasteiger partial charge in [-0.3, -0.25) is 4.98 Å². The van der Waals surface area contributed by atoms with Crippen LogP contribution in [0.3, 0.4) is 0 Å². The Kier molecular flexibility index (Phi) is 10.6. The van der Waals surface area contributed by atoms with Crippen LogP contribution in [0.25, 0.3) is 27.7 Å². The maximum Gasteiger partial charge on any atom is 0.165 e. The average molecular weight is 733 g/mol. The molecule has 1 aliphatic heterocycles. The molecule has 244 valence electrons. The predicted molar refractivity (Wildman–Crippen MR) is 192 cm³/mol. The Hall–Kier alpha value is -2.17. The van der Waals surface area contributed by atoms with Crippen molar-refractivity contribution in [2.75, 3.05) is 43.1 Å². The van der Waals surface area contributed by atoms with Crippen molar-refractivity contribution >= 4 is 64.3 Å². The van der Waals surface area contributed by atoms with E-state index < -0.39 is 26.0 Å². The van der Waals surface area contributed by atoms with Gasteiger partial charge in [0.25, 0.3) is 0 Å². The first-order valence-electron chi connectivity index (χ1n) is 15.7. The summed E-state index contributed by atoms with van der Waals surface area (Å²) in [4.78, 5) is 12.0. The van der Waals surface area contributed by atoms with Gasteiger partial charge < -0.3 is 14.4 Å². The van der Waals surface area contributed by atoms with E-state index in [0.717, 1.165) is 50.1 Å². The van der Waals surface area contributed by atoms with Crippen molar-refractivity contribution in [1.82, 2.24) is 19.6 Å². The van der Waals surface area contributed by atoms with E-state index in [2.05, 4.69) is 72.2 Å². The Morgan fingerprint density at radius 3 is 2.20 bits per heavy atom. The van der Waals surface area contributed by atoms with Crippen molar-refractivity contribution in [2.24, 2.45) is 0 Å². The minimum absolute atomic E-state index is 0.00778. The van der Waals surface area contributed by atoms with Crippen molar-refractivity contribution < 1.29 is 17.9 Å². The maximum absolute atomic E-state index is 12.4. The Morgan fingerprint density at radius 2 is 1.58 bits per heavy atom. The van der Waals surface area contributed by atoms with Crippen LogP contribution < -0.4 is 4.90 Å². The normalized spacial score (nSPS) is 16.1. The molecule has 1 fully saturated rings. The Morgan fingerprint density at radius 1 is 0.956 bits per heavy atom. The second-order valence-electron chi connectivity index (χ2n) is 14.5. The predicted octanol–water partition coefficient (Wildman–Crippen LogP) is 7.43. The molecule has 0 bridgehead atoms. The fourth-order valence-corrected chi connectivity index (χ4v) is 9.21. The van der Waals surface area contributed by atoms with E-state index in [4.69, 9.17) is 24.5 Å².